The normalized spacial score (nSPS) is 42.4. The largest absolute Gasteiger partial charge is 0.478 e. The minimum atomic E-state index is -1.99. The number of carboxylic acid groups (broad SMARTS) is 1. The molecule has 1 aromatic rings. The quantitative estimate of drug-likeness (QED) is 0.194. The average molecular weight is 943 g/mol. The molecule has 5 rings (SSSR count). The summed E-state index contributed by atoms with van der Waals surface area (Å²) < 4.78 is 37.1. The van der Waals surface area contributed by atoms with Crippen LogP contribution in [0.1, 0.15) is 105 Å². The van der Waals surface area contributed by atoms with Crippen LogP contribution in [0.3, 0.4) is 0 Å². The maximum absolute atomic E-state index is 14.1. The molecular weight excluding hydrogens is 865 g/mol. The lowest BCUT2D eigenvalue weighted by Gasteiger charge is -2.49. The number of Topliss-reactive ketones (excluding diaryl/α,β-unsaturated/α-hetero) is 1. The van der Waals surface area contributed by atoms with Gasteiger partial charge in [-0.2, -0.15) is 0 Å². The van der Waals surface area contributed by atoms with Crippen LogP contribution in [0.25, 0.3) is 0 Å². The second kappa shape index (κ2) is 22.8. The number of thioether (sulfide) groups is 1. The number of para-hydroxylation sites is 1. The summed E-state index contributed by atoms with van der Waals surface area (Å²) in [5, 5.41) is 66.6. The van der Waals surface area contributed by atoms with Gasteiger partial charge in [0, 0.05) is 49.6 Å². The van der Waals surface area contributed by atoms with Crippen molar-refractivity contribution in [3.63, 3.8) is 0 Å². The molecule has 6 N–H and O–H groups in total. The number of ether oxygens (including phenoxy) is 6. The fraction of sp³-hybridized carbons (Fsp3) is 0.809. The highest BCUT2D eigenvalue weighted by Gasteiger charge is 2.53. The van der Waals surface area contributed by atoms with Gasteiger partial charge in [-0.3, -0.25) is 9.59 Å². The summed E-state index contributed by atoms with van der Waals surface area (Å²) in [6.07, 6.45) is -9.71. The topological polar surface area (TPSA) is 234 Å². The van der Waals surface area contributed by atoms with Gasteiger partial charge in [0.15, 0.2) is 12.6 Å². The van der Waals surface area contributed by atoms with E-state index in [4.69, 9.17) is 33.5 Å². The molecule has 65 heavy (non-hydrogen) atoms. The van der Waals surface area contributed by atoms with Gasteiger partial charge in [0.05, 0.1) is 64.8 Å². The number of hydrogen-bond donors (Lipinski definition) is 6. The molecule has 0 amide bonds. The number of anilines is 1. The lowest BCUT2D eigenvalue weighted by Crippen LogP contribution is -2.61. The summed E-state index contributed by atoms with van der Waals surface area (Å²) in [5.74, 6) is -3.86. The van der Waals surface area contributed by atoms with E-state index in [1.54, 1.807) is 53.7 Å². The minimum Gasteiger partial charge on any atom is -0.478 e. The Morgan fingerprint density at radius 3 is 2.15 bits per heavy atom. The first kappa shape index (κ1) is 55.1. The SMILES string of the molecule is CC[C@H]1OC(=O)[C@H](C)[C@@H](O[C@H]2C[C@@](C)(OC)[C@@H](O)[C@H](C)O2)[C@H](C)[C@@H](O[C@@H]2O[C@H](C)C[C@H](N(C)C)[C@H]2O)[C@](C)(O)C[C@@H](C)C(=O)[C@H](C)[C@@H](O)[C@]1(C)O.O=C(O)c1ccccc1N1CCSC1. The first-order chi connectivity index (χ1) is 30.2. The monoisotopic (exact) mass is 943 g/mol. The molecule has 4 saturated heterocycles. The Labute approximate surface area is 389 Å². The number of likely N-dealkylation sites (N-methyl/N-ethyl adjacent to an activating group) is 1. The van der Waals surface area contributed by atoms with Crippen LogP contribution < -0.4 is 4.90 Å². The highest BCUT2D eigenvalue weighted by molar-refractivity contribution is 7.99. The Balaban J connectivity index is 0.000000555. The maximum atomic E-state index is 14.1. The smallest absolute Gasteiger partial charge is 0.337 e. The average Bonchev–Trinajstić information content (AvgIpc) is 3.80. The molecule has 18 atom stereocenters. The number of aromatic carboxylic acids is 1. The number of benzene rings is 1. The van der Waals surface area contributed by atoms with Crippen LogP contribution >= 0.6 is 11.8 Å². The van der Waals surface area contributed by atoms with Gasteiger partial charge in [-0.25, -0.2) is 4.79 Å². The number of carboxylic acids is 1. The molecule has 0 spiro atoms. The van der Waals surface area contributed by atoms with Crippen LogP contribution in [-0.4, -0.2) is 177 Å². The zero-order chi connectivity index (χ0) is 48.9. The molecule has 0 aliphatic carbocycles. The Kier molecular flexibility index (Phi) is 19.3. The van der Waals surface area contributed by atoms with Gasteiger partial charge in [-0.05, 0) is 87.0 Å². The van der Waals surface area contributed by atoms with Crippen molar-refractivity contribution < 1.29 is 73.4 Å². The Hall–Kier alpha value is -2.46. The van der Waals surface area contributed by atoms with Crippen molar-refractivity contribution >= 4 is 35.2 Å². The molecular formula is C47H78N2O15S. The van der Waals surface area contributed by atoms with E-state index in [0.717, 1.165) is 23.9 Å². The molecule has 0 radical (unpaired) electrons. The summed E-state index contributed by atoms with van der Waals surface area (Å²) in [7, 11) is 5.18. The van der Waals surface area contributed by atoms with Crippen molar-refractivity contribution in [1.29, 1.82) is 0 Å². The van der Waals surface area contributed by atoms with Crippen molar-refractivity contribution in [2.45, 2.75) is 179 Å². The lowest BCUT2D eigenvalue weighted by molar-refractivity contribution is -0.318. The number of methoxy groups -OCH3 is 1. The van der Waals surface area contributed by atoms with E-state index >= 15 is 0 Å². The number of ketones is 1. The van der Waals surface area contributed by atoms with Gasteiger partial charge in [0.1, 0.15) is 29.7 Å². The van der Waals surface area contributed by atoms with E-state index in [2.05, 4.69) is 4.90 Å². The molecule has 4 aliphatic rings. The highest BCUT2D eigenvalue weighted by atomic mass is 32.2. The summed E-state index contributed by atoms with van der Waals surface area (Å²) in [4.78, 5) is 42.8. The number of carbonyl (C=O) groups is 3. The molecule has 0 bridgehead atoms. The van der Waals surface area contributed by atoms with Gasteiger partial charge >= 0.3 is 11.9 Å². The van der Waals surface area contributed by atoms with Gasteiger partial charge in [-0.15, -0.1) is 11.8 Å². The fourth-order valence-electron chi connectivity index (χ4n) is 9.94. The Morgan fingerprint density at radius 1 is 0.938 bits per heavy atom. The Bertz CT molecular complexity index is 1730. The zero-order valence-corrected chi connectivity index (χ0v) is 41.4. The number of esters is 1. The highest BCUT2D eigenvalue weighted by Crippen LogP contribution is 2.41. The number of hydrogen-bond acceptors (Lipinski definition) is 17. The van der Waals surface area contributed by atoms with Crippen molar-refractivity contribution in [1.82, 2.24) is 4.90 Å². The van der Waals surface area contributed by atoms with E-state index < -0.39 is 114 Å². The molecule has 4 fully saturated rings. The molecule has 372 valence electrons. The number of rotatable bonds is 9. The standard InChI is InChI=1S/C37H67NO13.C10H11NO2S/c1-14-25-37(10,45)30(41)20(4)27(39)18(2)16-35(8,44)32(51-34-28(40)24(38(11)12)15-19(3)47-34)21(5)29(22(6)33(43)49-25)50-26-17-36(9,46-13)31(42)23(7)48-26;12-10(13)8-3-1-2-4-9(8)11-5-6-14-7-11/h18-26,28-32,34,40-42,44-45H,14-17H2,1-13H3;1-4H,5-7H2,(H,12,13)/t18-,19-,20+,21+,22-,23+,24+,25-,26+,28-,29+,30-,31+,32-,34+,35-,36-,37-;/m1./s1. The molecule has 0 saturated carbocycles. The number of nitrogens with zero attached hydrogens (tertiary/aromatic N) is 2. The summed E-state index contributed by atoms with van der Waals surface area (Å²) in [6, 6.07) is 6.84. The Morgan fingerprint density at radius 2 is 1.58 bits per heavy atom. The molecule has 4 heterocycles. The third-order valence-electron chi connectivity index (χ3n) is 14.0. The van der Waals surface area contributed by atoms with E-state index in [1.165, 1.54) is 27.9 Å². The van der Waals surface area contributed by atoms with Gasteiger partial charge in [0.2, 0.25) is 0 Å². The van der Waals surface area contributed by atoms with Gasteiger partial charge in [0.25, 0.3) is 0 Å². The maximum Gasteiger partial charge on any atom is 0.337 e. The van der Waals surface area contributed by atoms with Crippen LogP contribution in [-0.2, 0) is 38.0 Å². The van der Waals surface area contributed by atoms with Gasteiger partial charge in [-0.1, -0.05) is 39.8 Å². The molecule has 0 aromatic heterocycles. The van der Waals surface area contributed by atoms with E-state index in [9.17, 15) is 39.9 Å². The second-order valence-electron chi connectivity index (χ2n) is 19.6. The van der Waals surface area contributed by atoms with Crippen molar-refractivity contribution in [2.75, 3.05) is 44.3 Å². The number of carbonyl (C=O) groups excluding carboxylic acids is 2. The van der Waals surface area contributed by atoms with Crippen LogP contribution in [0.15, 0.2) is 24.3 Å². The second-order valence-corrected chi connectivity index (χ2v) is 20.7. The van der Waals surface area contributed by atoms with Gasteiger partial charge < -0.3 is 68.9 Å². The summed E-state index contributed by atoms with van der Waals surface area (Å²) in [6.45, 7) is 17.3. The third kappa shape index (κ3) is 12.8. The van der Waals surface area contributed by atoms with Crippen LogP contribution in [0.2, 0.25) is 0 Å². The fourth-order valence-corrected chi connectivity index (χ4v) is 10.9. The number of cyclic esters (lactones) is 1. The van der Waals surface area contributed by atoms with Crippen LogP contribution in [0.5, 0.6) is 0 Å². The predicted molar refractivity (Wildman–Crippen MR) is 244 cm³/mol. The molecule has 4 aliphatic heterocycles. The van der Waals surface area contributed by atoms with E-state index in [0.29, 0.717) is 12.0 Å². The molecule has 18 heteroatoms. The zero-order valence-electron chi connectivity index (χ0n) is 40.6. The van der Waals surface area contributed by atoms with Crippen LogP contribution in [0, 0.1) is 23.7 Å². The first-order valence-corrected chi connectivity index (χ1v) is 24.1. The number of aliphatic hydroxyl groups excluding tert-OH is 3. The van der Waals surface area contributed by atoms with Crippen LogP contribution in [0.4, 0.5) is 5.69 Å². The lowest BCUT2D eigenvalue weighted by atomic mass is 9.74. The first-order valence-electron chi connectivity index (χ1n) is 22.9. The minimum absolute atomic E-state index is 0.0936. The molecule has 17 nitrogen and oxygen atoms in total. The van der Waals surface area contributed by atoms with Crippen molar-refractivity contribution in [3.8, 4) is 0 Å². The molecule has 1 aromatic carbocycles. The summed E-state index contributed by atoms with van der Waals surface area (Å²) >= 11 is 1.83. The number of aliphatic hydroxyl groups is 5. The van der Waals surface area contributed by atoms with Crippen molar-refractivity contribution in [3.05, 3.63) is 29.8 Å². The van der Waals surface area contributed by atoms with Crippen molar-refractivity contribution in [2.24, 2.45) is 23.7 Å². The molecule has 0 unspecified atom stereocenters. The predicted octanol–water partition coefficient (Wildman–Crippen LogP) is 3.68. The summed E-state index contributed by atoms with van der Waals surface area (Å²) in [5.41, 5.74) is -3.60. The van der Waals surface area contributed by atoms with E-state index in [1.807, 2.05) is 49.8 Å². The third-order valence-corrected chi connectivity index (χ3v) is 15.0. The van der Waals surface area contributed by atoms with E-state index in [-0.39, 0.29) is 31.4 Å².